The molecular weight excluding hydrogens is 345 g/mol. The quantitative estimate of drug-likeness (QED) is 0.606. The molecule has 1 aromatic heterocycles. The predicted octanol–water partition coefficient (Wildman–Crippen LogP) is 5.46. The lowest BCUT2D eigenvalue weighted by molar-refractivity contribution is 0.302. The van der Waals surface area contributed by atoms with Crippen LogP contribution in [0.5, 0.6) is 5.75 Å². The van der Waals surface area contributed by atoms with E-state index in [4.69, 9.17) is 32.4 Å². The monoisotopic (exact) mass is 361 g/mol. The van der Waals surface area contributed by atoms with Gasteiger partial charge in [-0.25, -0.2) is 0 Å². The molecule has 0 saturated heterocycles. The van der Waals surface area contributed by atoms with E-state index >= 15 is 0 Å². The number of rotatable bonds is 7. The zero-order chi connectivity index (χ0) is 16.8. The molecule has 0 atom stereocenters. The van der Waals surface area contributed by atoms with E-state index in [1.807, 2.05) is 54.6 Å². The first kappa shape index (κ1) is 16.9. The van der Waals surface area contributed by atoms with E-state index in [1.54, 1.807) is 6.26 Å². The number of ether oxygens (including phenoxy) is 1. The molecule has 0 saturated carbocycles. The summed E-state index contributed by atoms with van der Waals surface area (Å²) in [6.45, 7) is 1.76. The summed E-state index contributed by atoms with van der Waals surface area (Å²) < 4.78 is 11.3. The van der Waals surface area contributed by atoms with Crippen molar-refractivity contribution in [2.24, 2.45) is 0 Å². The van der Waals surface area contributed by atoms with Crippen LogP contribution >= 0.6 is 23.2 Å². The van der Waals surface area contributed by atoms with Gasteiger partial charge in [-0.15, -0.1) is 0 Å². The Kier molecular flexibility index (Phi) is 5.81. The molecule has 0 amide bonds. The molecule has 0 radical (unpaired) electrons. The molecule has 0 aliphatic heterocycles. The average Bonchev–Trinajstić information content (AvgIpc) is 3.09. The van der Waals surface area contributed by atoms with Crippen molar-refractivity contribution in [1.82, 2.24) is 5.32 Å². The first-order valence-electron chi connectivity index (χ1n) is 7.59. The van der Waals surface area contributed by atoms with Crippen molar-refractivity contribution < 1.29 is 9.15 Å². The topological polar surface area (TPSA) is 34.4 Å². The lowest BCUT2D eigenvalue weighted by Crippen LogP contribution is -2.13. The average molecular weight is 362 g/mol. The van der Waals surface area contributed by atoms with Crippen LogP contribution in [0.25, 0.3) is 0 Å². The maximum atomic E-state index is 6.11. The Balaban J connectivity index is 1.62. The molecule has 0 unspecified atom stereocenters. The zero-order valence-corrected chi connectivity index (χ0v) is 14.5. The minimum Gasteiger partial charge on any atom is -0.489 e. The summed E-state index contributed by atoms with van der Waals surface area (Å²) in [6, 6.07) is 17.0. The molecular formula is C19H17Cl2NO2. The Morgan fingerprint density at radius 3 is 2.46 bits per heavy atom. The largest absolute Gasteiger partial charge is 0.489 e. The van der Waals surface area contributed by atoms with Crippen molar-refractivity contribution >= 4 is 23.2 Å². The highest BCUT2D eigenvalue weighted by molar-refractivity contribution is 6.30. The molecule has 0 spiro atoms. The molecule has 0 aliphatic rings. The highest BCUT2D eigenvalue weighted by Crippen LogP contribution is 2.24. The van der Waals surface area contributed by atoms with E-state index in [0.717, 1.165) is 22.6 Å². The van der Waals surface area contributed by atoms with Gasteiger partial charge in [-0.1, -0.05) is 35.3 Å². The van der Waals surface area contributed by atoms with Crippen molar-refractivity contribution in [3.8, 4) is 5.75 Å². The van der Waals surface area contributed by atoms with Gasteiger partial charge in [0.05, 0.1) is 12.8 Å². The maximum Gasteiger partial charge on any atom is 0.124 e. The first-order valence-corrected chi connectivity index (χ1v) is 8.35. The number of hydrogen-bond acceptors (Lipinski definition) is 3. The lowest BCUT2D eigenvalue weighted by Gasteiger charge is -2.13. The zero-order valence-electron chi connectivity index (χ0n) is 13.0. The third kappa shape index (κ3) is 4.78. The summed E-state index contributed by atoms with van der Waals surface area (Å²) in [5, 5.41) is 4.73. The molecule has 3 nitrogen and oxygen atoms in total. The number of nitrogens with one attached hydrogen (secondary N) is 1. The SMILES string of the molecule is Clc1ccc(COc2ccc(Cl)cc2CNCc2ccco2)cc1. The van der Waals surface area contributed by atoms with Gasteiger partial charge in [0.1, 0.15) is 18.1 Å². The number of benzene rings is 2. The van der Waals surface area contributed by atoms with Crippen LogP contribution in [-0.4, -0.2) is 0 Å². The molecule has 124 valence electrons. The summed E-state index contributed by atoms with van der Waals surface area (Å²) in [7, 11) is 0. The van der Waals surface area contributed by atoms with Crippen LogP contribution in [0.2, 0.25) is 10.0 Å². The standard InChI is InChI=1S/C19H17Cl2NO2/c20-16-5-3-14(4-6-16)13-24-19-8-7-17(21)10-15(19)11-22-12-18-2-1-9-23-18/h1-10,22H,11-13H2. The minimum atomic E-state index is 0.476. The Bertz CT molecular complexity index is 771. The summed E-state index contributed by atoms with van der Waals surface area (Å²) >= 11 is 12.0. The van der Waals surface area contributed by atoms with Crippen molar-refractivity contribution in [3.63, 3.8) is 0 Å². The fourth-order valence-corrected chi connectivity index (χ4v) is 2.62. The van der Waals surface area contributed by atoms with Gasteiger partial charge in [0.15, 0.2) is 0 Å². The Morgan fingerprint density at radius 2 is 1.71 bits per heavy atom. The second-order valence-electron chi connectivity index (χ2n) is 5.35. The second-order valence-corrected chi connectivity index (χ2v) is 6.22. The number of furan rings is 1. The van der Waals surface area contributed by atoms with Crippen LogP contribution in [0.1, 0.15) is 16.9 Å². The van der Waals surface area contributed by atoms with Gasteiger partial charge in [0.25, 0.3) is 0 Å². The fourth-order valence-electron chi connectivity index (χ4n) is 2.30. The first-order chi connectivity index (χ1) is 11.7. The van der Waals surface area contributed by atoms with Gasteiger partial charge in [-0.2, -0.15) is 0 Å². The Morgan fingerprint density at radius 1 is 0.917 bits per heavy atom. The van der Waals surface area contributed by atoms with Crippen molar-refractivity contribution in [2.45, 2.75) is 19.7 Å². The smallest absolute Gasteiger partial charge is 0.124 e. The maximum absolute atomic E-state index is 6.11. The van der Waals surface area contributed by atoms with Crippen LogP contribution in [-0.2, 0) is 19.7 Å². The number of halogens is 2. The Hall–Kier alpha value is -1.94. The summed E-state index contributed by atoms with van der Waals surface area (Å²) in [5.74, 6) is 1.70. The summed E-state index contributed by atoms with van der Waals surface area (Å²) in [5.41, 5.74) is 2.06. The van der Waals surface area contributed by atoms with Crippen molar-refractivity contribution in [3.05, 3.63) is 87.8 Å². The van der Waals surface area contributed by atoms with E-state index in [1.165, 1.54) is 0 Å². The minimum absolute atomic E-state index is 0.476. The molecule has 5 heteroatoms. The molecule has 3 rings (SSSR count). The van der Waals surface area contributed by atoms with Crippen molar-refractivity contribution in [1.29, 1.82) is 0 Å². The van der Waals surface area contributed by atoms with Gasteiger partial charge in [0, 0.05) is 22.2 Å². The summed E-state index contributed by atoms with van der Waals surface area (Å²) in [4.78, 5) is 0. The summed E-state index contributed by atoms with van der Waals surface area (Å²) in [6.07, 6.45) is 1.66. The van der Waals surface area contributed by atoms with Gasteiger partial charge < -0.3 is 14.5 Å². The number of hydrogen-bond donors (Lipinski definition) is 1. The van der Waals surface area contributed by atoms with Gasteiger partial charge in [-0.3, -0.25) is 0 Å². The highest BCUT2D eigenvalue weighted by atomic mass is 35.5. The third-order valence-corrected chi connectivity index (χ3v) is 4.01. The van der Waals surface area contributed by atoms with Crippen LogP contribution < -0.4 is 10.1 Å². The molecule has 0 fully saturated rings. The molecule has 0 bridgehead atoms. The van der Waals surface area contributed by atoms with E-state index in [-0.39, 0.29) is 0 Å². The highest BCUT2D eigenvalue weighted by Gasteiger charge is 2.06. The normalized spacial score (nSPS) is 10.8. The van der Waals surface area contributed by atoms with Gasteiger partial charge >= 0.3 is 0 Å². The molecule has 24 heavy (non-hydrogen) atoms. The molecule has 1 N–H and O–H groups in total. The van der Waals surface area contributed by atoms with Gasteiger partial charge in [0.2, 0.25) is 0 Å². The van der Waals surface area contributed by atoms with E-state index in [0.29, 0.717) is 29.7 Å². The molecule has 0 aliphatic carbocycles. The van der Waals surface area contributed by atoms with Crippen molar-refractivity contribution in [2.75, 3.05) is 0 Å². The van der Waals surface area contributed by atoms with Crippen LogP contribution in [0.3, 0.4) is 0 Å². The van der Waals surface area contributed by atoms with Crippen LogP contribution in [0, 0.1) is 0 Å². The molecule has 3 aromatic rings. The molecule has 2 aromatic carbocycles. The van der Waals surface area contributed by atoms with Crippen LogP contribution in [0.4, 0.5) is 0 Å². The lowest BCUT2D eigenvalue weighted by atomic mass is 10.2. The fraction of sp³-hybridized carbons (Fsp3) is 0.158. The predicted molar refractivity (Wildman–Crippen MR) is 96.5 cm³/mol. The second kappa shape index (κ2) is 8.25. The van der Waals surface area contributed by atoms with E-state index in [9.17, 15) is 0 Å². The third-order valence-electron chi connectivity index (χ3n) is 3.52. The van der Waals surface area contributed by atoms with Crippen LogP contribution in [0.15, 0.2) is 65.3 Å². The van der Waals surface area contributed by atoms with E-state index in [2.05, 4.69) is 5.32 Å². The molecule has 1 heterocycles. The van der Waals surface area contributed by atoms with E-state index < -0.39 is 0 Å². The van der Waals surface area contributed by atoms with Gasteiger partial charge in [-0.05, 0) is 48.0 Å². The Labute approximate surface area is 151 Å².